The van der Waals surface area contributed by atoms with Crippen LogP contribution < -0.4 is 0 Å². The topological polar surface area (TPSA) is 40.6 Å². The number of hydrogen-bond acceptors (Lipinski definition) is 3. The predicted molar refractivity (Wildman–Crippen MR) is 80.6 cm³/mol. The van der Waals surface area contributed by atoms with E-state index in [9.17, 15) is 9.59 Å². The number of amides is 2. The minimum Gasteiger partial charge on any atom is -0.330 e. The Balaban J connectivity index is 1.73. The number of carbonyl (C=O) groups is 2. The van der Waals surface area contributed by atoms with Crippen molar-refractivity contribution in [1.82, 2.24) is 9.80 Å². The largest absolute Gasteiger partial charge is 0.330 e. The molecule has 112 valence electrons. The van der Waals surface area contributed by atoms with Gasteiger partial charge in [-0.2, -0.15) is 11.8 Å². The summed E-state index contributed by atoms with van der Waals surface area (Å²) in [4.78, 5) is 28.6. The number of hydrogen-bond donors (Lipinski definition) is 0. The summed E-state index contributed by atoms with van der Waals surface area (Å²) in [7, 11) is 0. The highest BCUT2D eigenvalue weighted by molar-refractivity contribution is 8.00. The van der Waals surface area contributed by atoms with E-state index in [4.69, 9.17) is 0 Å². The number of piperazine rings is 1. The molecular weight excluding hydrogens is 272 g/mol. The molecule has 1 atom stereocenters. The molecule has 0 N–H and O–H groups in total. The minimum absolute atomic E-state index is 0.156. The fourth-order valence-corrected chi connectivity index (χ4v) is 4.94. The van der Waals surface area contributed by atoms with Gasteiger partial charge in [0.1, 0.15) is 6.04 Å². The van der Waals surface area contributed by atoms with Crippen molar-refractivity contribution in [1.29, 1.82) is 0 Å². The van der Waals surface area contributed by atoms with Crippen LogP contribution in [0.5, 0.6) is 0 Å². The summed E-state index contributed by atoms with van der Waals surface area (Å²) in [6.07, 6.45) is 9.99. The lowest BCUT2D eigenvalue weighted by atomic mass is 9.97. The van der Waals surface area contributed by atoms with E-state index in [0.717, 1.165) is 32.4 Å². The second-order valence-corrected chi connectivity index (χ2v) is 7.66. The van der Waals surface area contributed by atoms with Crippen LogP contribution in [0.1, 0.15) is 44.9 Å². The van der Waals surface area contributed by atoms with Gasteiger partial charge in [0.25, 0.3) is 0 Å². The first kappa shape index (κ1) is 14.2. The first-order chi connectivity index (χ1) is 9.65. The highest BCUT2D eigenvalue weighted by Crippen LogP contribution is 2.41. The molecule has 4 nitrogen and oxygen atoms in total. The number of carbonyl (C=O) groups excluding carboxylic acids is 2. The van der Waals surface area contributed by atoms with Gasteiger partial charge < -0.3 is 9.80 Å². The molecule has 1 aliphatic carbocycles. The van der Waals surface area contributed by atoms with Gasteiger partial charge in [-0.05, 0) is 38.4 Å². The monoisotopic (exact) mass is 296 g/mol. The Morgan fingerprint density at radius 2 is 1.95 bits per heavy atom. The maximum atomic E-state index is 12.7. The zero-order valence-electron chi connectivity index (χ0n) is 12.3. The molecule has 1 saturated carbocycles. The van der Waals surface area contributed by atoms with Crippen molar-refractivity contribution in [2.24, 2.45) is 0 Å². The molecule has 3 rings (SSSR count). The van der Waals surface area contributed by atoms with E-state index in [1.165, 1.54) is 25.7 Å². The summed E-state index contributed by atoms with van der Waals surface area (Å²) in [5.41, 5.74) is 0. The highest BCUT2D eigenvalue weighted by atomic mass is 32.2. The van der Waals surface area contributed by atoms with Crippen LogP contribution in [-0.2, 0) is 9.59 Å². The molecule has 2 amide bonds. The molecule has 0 spiro atoms. The maximum absolute atomic E-state index is 12.7. The van der Waals surface area contributed by atoms with Gasteiger partial charge >= 0.3 is 0 Å². The van der Waals surface area contributed by atoms with E-state index in [1.807, 2.05) is 21.6 Å². The quantitative estimate of drug-likeness (QED) is 0.798. The van der Waals surface area contributed by atoms with Gasteiger partial charge in [-0.25, -0.2) is 0 Å². The molecule has 0 aromatic carbocycles. The molecule has 0 aromatic rings. The van der Waals surface area contributed by atoms with Crippen LogP contribution >= 0.6 is 11.8 Å². The smallest absolute Gasteiger partial charge is 0.245 e. The van der Waals surface area contributed by atoms with E-state index in [1.54, 1.807) is 0 Å². The molecule has 5 heteroatoms. The maximum Gasteiger partial charge on any atom is 0.245 e. The van der Waals surface area contributed by atoms with Crippen LogP contribution in [0.25, 0.3) is 0 Å². The highest BCUT2D eigenvalue weighted by Gasteiger charge is 2.44. The third kappa shape index (κ3) is 2.45. The van der Waals surface area contributed by atoms with E-state index < -0.39 is 0 Å². The molecule has 20 heavy (non-hydrogen) atoms. The molecule has 0 bridgehead atoms. The first-order valence-corrected chi connectivity index (χ1v) is 9.01. The predicted octanol–water partition coefficient (Wildman–Crippen LogP) is 1.89. The SMILES string of the molecule is CSC1(CN2CC(=O)N3CCCCC3C2=O)CCCC1. The lowest BCUT2D eigenvalue weighted by Gasteiger charge is -2.45. The summed E-state index contributed by atoms with van der Waals surface area (Å²) >= 11 is 1.89. The Kier molecular flexibility index (Phi) is 3.98. The van der Waals surface area contributed by atoms with Crippen molar-refractivity contribution in [3.8, 4) is 0 Å². The normalized spacial score (nSPS) is 29.8. The first-order valence-electron chi connectivity index (χ1n) is 7.79. The average Bonchev–Trinajstić information content (AvgIpc) is 2.94. The molecule has 1 unspecified atom stereocenters. The fourth-order valence-electron chi connectivity index (χ4n) is 3.96. The van der Waals surface area contributed by atoms with Crippen LogP contribution in [0.3, 0.4) is 0 Å². The summed E-state index contributed by atoms with van der Waals surface area (Å²) < 4.78 is 0.201. The van der Waals surface area contributed by atoms with Crippen LogP contribution in [0.4, 0.5) is 0 Å². The van der Waals surface area contributed by atoms with Crippen molar-refractivity contribution in [3.63, 3.8) is 0 Å². The summed E-state index contributed by atoms with van der Waals surface area (Å²) in [6, 6.07) is -0.162. The molecular formula is C15H24N2O2S. The van der Waals surface area contributed by atoms with Gasteiger partial charge in [0.05, 0.1) is 6.54 Å². The van der Waals surface area contributed by atoms with Crippen LogP contribution in [-0.4, -0.2) is 58.3 Å². The van der Waals surface area contributed by atoms with Crippen molar-refractivity contribution >= 4 is 23.6 Å². The van der Waals surface area contributed by atoms with Crippen molar-refractivity contribution < 1.29 is 9.59 Å². The van der Waals surface area contributed by atoms with Crippen LogP contribution in [0.15, 0.2) is 0 Å². The van der Waals surface area contributed by atoms with Gasteiger partial charge in [-0.15, -0.1) is 0 Å². The molecule has 2 aliphatic heterocycles. The molecule has 2 heterocycles. The van der Waals surface area contributed by atoms with Crippen molar-refractivity contribution in [3.05, 3.63) is 0 Å². The average molecular weight is 296 g/mol. The van der Waals surface area contributed by atoms with E-state index in [-0.39, 0.29) is 22.6 Å². The Morgan fingerprint density at radius 3 is 2.65 bits per heavy atom. The Labute approximate surface area is 125 Å². The molecule has 2 saturated heterocycles. The fraction of sp³-hybridized carbons (Fsp3) is 0.867. The number of thioether (sulfide) groups is 1. The Hall–Kier alpha value is -0.710. The zero-order chi connectivity index (χ0) is 14.2. The standard InChI is InChI=1S/C15H24N2O2S/c1-20-15(7-3-4-8-15)11-16-10-13(18)17-9-5-2-6-12(17)14(16)19/h12H,2-11H2,1H3. The minimum atomic E-state index is -0.162. The van der Waals surface area contributed by atoms with Gasteiger partial charge in [0.15, 0.2) is 0 Å². The molecule has 3 fully saturated rings. The lowest BCUT2D eigenvalue weighted by Crippen LogP contribution is -2.62. The van der Waals surface area contributed by atoms with Crippen LogP contribution in [0, 0.1) is 0 Å². The third-order valence-corrected chi connectivity index (χ3v) is 6.58. The Morgan fingerprint density at radius 1 is 1.20 bits per heavy atom. The van der Waals surface area contributed by atoms with Crippen molar-refractivity contribution in [2.75, 3.05) is 25.9 Å². The second kappa shape index (κ2) is 5.58. The number of fused-ring (bicyclic) bond motifs is 1. The van der Waals surface area contributed by atoms with Gasteiger partial charge in [0, 0.05) is 17.8 Å². The van der Waals surface area contributed by atoms with Crippen molar-refractivity contribution in [2.45, 2.75) is 55.7 Å². The second-order valence-electron chi connectivity index (χ2n) is 6.39. The summed E-state index contributed by atoms with van der Waals surface area (Å²) in [5.74, 6) is 0.355. The van der Waals surface area contributed by atoms with Gasteiger partial charge in [0.2, 0.25) is 11.8 Å². The molecule has 0 radical (unpaired) electrons. The summed E-state index contributed by atoms with van der Waals surface area (Å²) in [6.45, 7) is 1.84. The molecule has 0 aromatic heterocycles. The lowest BCUT2D eigenvalue weighted by molar-refractivity contribution is -0.158. The Bertz CT molecular complexity index is 407. The number of piperidine rings is 1. The molecule has 3 aliphatic rings. The van der Waals surface area contributed by atoms with E-state index in [2.05, 4.69) is 6.26 Å². The summed E-state index contributed by atoms with van der Waals surface area (Å²) in [5, 5.41) is 0. The van der Waals surface area contributed by atoms with Gasteiger partial charge in [-0.1, -0.05) is 12.8 Å². The van der Waals surface area contributed by atoms with E-state index in [0.29, 0.717) is 6.54 Å². The zero-order valence-corrected chi connectivity index (χ0v) is 13.1. The van der Waals surface area contributed by atoms with Gasteiger partial charge in [-0.3, -0.25) is 9.59 Å². The van der Waals surface area contributed by atoms with Crippen LogP contribution in [0.2, 0.25) is 0 Å². The number of nitrogens with zero attached hydrogens (tertiary/aromatic N) is 2. The third-order valence-electron chi connectivity index (χ3n) is 5.17. The number of rotatable bonds is 3. The van der Waals surface area contributed by atoms with E-state index >= 15 is 0 Å².